The predicted molar refractivity (Wildman–Crippen MR) is 63.6 cm³/mol. The Labute approximate surface area is 117 Å². The zero-order valence-electron chi connectivity index (χ0n) is 11.3. The van der Waals surface area contributed by atoms with Gasteiger partial charge in [0.2, 0.25) is 11.8 Å². The predicted octanol–water partition coefficient (Wildman–Crippen LogP) is 1.90. The Morgan fingerprint density at radius 2 is 2.19 bits per heavy atom. The van der Waals surface area contributed by atoms with Gasteiger partial charge in [0.25, 0.3) is 11.8 Å². The Balaban J connectivity index is 1.95. The molecule has 1 amide bonds. The summed E-state index contributed by atoms with van der Waals surface area (Å²) < 4.78 is 37.3. The molecule has 3 rings (SSSR count). The minimum Gasteiger partial charge on any atom is -0.423 e. The summed E-state index contributed by atoms with van der Waals surface area (Å²) in [6, 6.07) is -0.956. The number of halogens is 2. The molecule has 7 nitrogen and oxygen atoms in total. The van der Waals surface area contributed by atoms with Gasteiger partial charge < -0.3 is 13.8 Å². The number of carbonyl (C=O) groups excluding carboxylic acids is 1. The minimum atomic E-state index is -3.01. The molecule has 0 N–H and O–H groups in total. The van der Waals surface area contributed by atoms with Gasteiger partial charge in [0, 0.05) is 13.3 Å². The first-order valence-corrected chi connectivity index (χ1v) is 6.27. The zero-order valence-corrected chi connectivity index (χ0v) is 11.3. The quantitative estimate of drug-likeness (QED) is 0.841. The van der Waals surface area contributed by atoms with E-state index in [-0.39, 0.29) is 17.3 Å². The molecule has 2 aromatic heterocycles. The second kappa shape index (κ2) is 4.61. The molecule has 1 saturated heterocycles. The maximum Gasteiger partial charge on any atom is 0.267 e. The van der Waals surface area contributed by atoms with E-state index in [1.165, 1.54) is 0 Å². The number of hydrogen-bond acceptors (Lipinski definition) is 6. The topological polar surface area (TPSA) is 85.3 Å². The molecule has 0 aromatic carbocycles. The van der Waals surface area contributed by atoms with E-state index in [0.29, 0.717) is 5.69 Å². The van der Waals surface area contributed by atoms with Crippen LogP contribution in [0.3, 0.4) is 0 Å². The average molecular weight is 298 g/mol. The number of rotatable bonds is 2. The van der Waals surface area contributed by atoms with Crippen molar-refractivity contribution in [1.29, 1.82) is 0 Å². The average Bonchev–Trinajstić information content (AvgIpc) is 3.08. The van der Waals surface area contributed by atoms with Crippen LogP contribution in [0.15, 0.2) is 15.2 Å². The number of hydrogen-bond donors (Lipinski definition) is 0. The SMILES string of the molecule is Cc1nnc([C@@H]2CC(F)(F)CN2C(=O)c2conc2C)o1. The highest BCUT2D eigenvalue weighted by molar-refractivity contribution is 5.95. The molecule has 1 aliphatic rings. The fourth-order valence-electron chi connectivity index (χ4n) is 2.35. The van der Waals surface area contributed by atoms with Crippen molar-refractivity contribution in [3.8, 4) is 0 Å². The van der Waals surface area contributed by atoms with Crippen molar-refractivity contribution < 1.29 is 22.5 Å². The summed E-state index contributed by atoms with van der Waals surface area (Å²) in [5, 5.41) is 11.0. The van der Waals surface area contributed by atoms with Gasteiger partial charge in [-0.15, -0.1) is 10.2 Å². The second-order valence-corrected chi connectivity index (χ2v) is 4.98. The van der Waals surface area contributed by atoms with Crippen molar-refractivity contribution in [3.63, 3.8) is 0 Å². The highest BCUT2D eigenvalue weighted by Gasteiger charge is 2.50. The molecule has 3 heterocycles. The molecule has 9 heteroatoms. The van der Waals surface area contributed by atoms with Crippen LogP contribution in [0.5, 0.6) is 0 Å². The summed E-state index contributed by atoms with van der Waals surface area (Å²) in [7, 11) is 0. The summed E-state index contributed by atoms with van der Waals surface area (Å²) in [6.45, 7) is 2.42. The van der Waals surface area contributed by atoms with E-state index < -0.39 is 30.8 Å². The van der Waals surface area contributed by atoms with Gasteiger partial charge in [0.15, 0.2) is 0 Å². The number of carbonyl (C=O) groups is 1. The van der Waals surface area contributed by atoms with Gasteiger partial charge in [-0.2, -0.15) is 0 Å². The Morgan fingerprint density at radius 1 is 1.43 bits per heavy atom. The first-order valence-electron chi connectivity index (χ1n) is 6.27. The maximum absolute atomic E-state index is 13.7. The van der Waals surface area contributed by atoms with Crippen LogP contribution in [0.25, 0.3) is 0 Å². The first-order chi connectivity index (χ1) is 9.87. The largest absolute Gasteiger partial charge is 0.423 e. The van der Waals surface area contributed by atoms with E-state index in [1.807, 2.05) is 0 Å². The smallest absolute Gasteiger partial charge is 0.267 e. The lowest BCUT2D eigenvalue weighted by molar-refractivity contribution is 0.0117. The summed E-state index contributed by atoms with van der Waals surface area (Å²) in [5.41, 5.74) is 0.490. The number of alkyl halides is 2. The monoisotopic (exact) mass is 298 g/mol. The highest BCUT2D eigenvalue weighted by atomic mass is 19.3. The maximum atomic E-state index is 13.7. The number of aromatic nitrogens is 3. The van der Waals surface area contributed by atoms with Crippen LogP contribution >= 0.6 is 0 Å². The third-order valence-corrected chi connectivity index (χ3v) is 3.34. The molecule has 1 aliphatic heterocycles. The number of nitrogens with zero attached hydrogens (tertiary/aromatic N) is 4. The van der Waals surface area contributed by atoms with Gasteiger partial charge in [0.1, 0.15) is 17.9 Å². The lowest BCUT2D eigenvalue weighted by atomic mass is 10.1. The first kappa shape index (κ1) is 13.7. The van der Waals surface area contributed by atoms with Crippen LogP contribution in [0.4, 0.5) is 8.78 Å². The number of likely N-dealkylation sites (tertiary alicyclic amines) is 1. The molecular weight excluding hydrogens is 286 g/mol. The zero-order chi connectivity index (χ0) is 15.2. The van der Waals surface area contributed by atoms with Crippen molar-refractivity contribution in [2.45, 2.75) is 32.2 Å². The normalized spacial score (nSPS) is 21.0. The second-order valence-electron chi connectivity index (χ2n) is 4.98. The Bertz CT molecular complexity index is 682. The van der Waals surface area contributed by atoms with Gasteiger partial charge in [-0.05, 0) is 6.92 Å². The van der Waals surface area contributed by atoms with Crippen LogP contribution in [-0.4, -0.2) is 38.6 Å². The summed E-state index contributed by atoms with van der Waals surface area (Å²) in [4.78, 5) is 13.4. The summed E-state index contributed by atoms with van der Waals surface area (Å²) in [5.74, 6) is -3.33. The fraction of sp³-hybridized carbons (Fsp3) is 0.500. The molecule has 0 radical (unpaired) electrons. The van der Waals surface area contributed by atoms with Crippen LogP contribution in [0.2, 0.25) is 0 Å². The van der Waals surface area contributed by atoms with Crippen LogP contribution in [-0.2, 0) is 0 Å². The Kier molecular flexibility index (Phi) is 2.99. The van der Waals surface area contributed by atoms with Crippen molar-refractivity contribution in [2.75, 3.05) is 6.54 Å². The molecule has 1 fully saturated rings. The van der Waals surface area contributed by atoms with Gasteiger partial charge in [-0.3, -0.25) is 4.79 Å². The van der Waals surface area contributed by atoms with Crippen LogP contribution in [0.1, 0.15) is 40.3 Å². The molecule has 112 valence electrons. The standard InChI is InChI=1S/C12H12F2N4O3/c1-6-8(4-20-17-6)11(19)18-5-12(13,14)3-9(18)10-16-15-7(2)21-10/h4,9H,3,5H2,1-2H3/t9-/m0/s1. The van der Waals surface area contributed by atoms with Gasteiger partial charge in [-0.25, -0.2) is 8.78 Å². The van der Waals surface area contributed by atoms with Gasteiger partial charge in [0.05, 0.1) is 12.2 Å². The third-order valence-electron chi connectivity index (χ3n) is 3.34. The van der Waals surface area contributed by atoms with Crippen molar-refractivity contribution in [1.82, 2.24) is 20.3 Å². The van der Waals surface area contributed by atoms with Gasteiger partial charge in [-0.1, -0.05) is 5.16 Å². The van der Waals surface area contributed by atoms with E-state index >= 15 is 0 Å². The lowest BCUT2D eigenvalue weighted by Gasteiger charge is -2.20. The molecule has 0 bridgehead atoms. The number of amides is 1. The van der Waals surface area contributed by atoms with E-state index in [9.17, 15) is 13.6 Å². The molecule has 0 spiro atoms. The van der Waals surface area contributed by atoms with E-state index in [2.05, 4.69) is 19.9 Å². The van der Waals surface area contributed by atoms with E-state index in [4.69, 9.17) is 4.42 Å². The van der Waals surface area contributed by atoms with Crippen LogP contribution < -0.4 is 0 Å². The lowest BCUT2D eigenvalue weighted by Crippen LogP contribution is -2.33. The molecule has 0 aliphatic carbocycles. The molecule has 0 unspecified atom stereocenters. The summed E-state index contributed by atoms with van der Waals surface area (Å²) >= 11 is 0. The van der Waals surface area contributed by atoms with Crippen molar-refractivity contribution in [3.05, 3.63) is 29.3 Å². The third kappa shape index (κ3) is 2.39. The Hall–Kier alpha value is -2.32. The summed E-state index contributed by atoms with van der Waals surface area (Å²) in [6.07, 6.45) is 0.592. The molecule has 2 aromatic rings. The molecule has 1 atom stereocenters. The van der Waals surface area contributed by atoms with Crippen LogP contribution in [0, 0.1) is 13.8 Å². The van der Waals surface area contributed by atoms with E-state index in [0.717, 1.165) is 11.2 Å². The van der Waals surface area contributed by atoms with Crippen molar-refractivity contribution >= 4 is 5.91 Å². The molecule has 0 saturated carbocycles. The fourth-order valence-corrected chi connectivity index (χ4v) is 2.35. The number of aryl methyl sites for hydroxylation is 2. The van der Waals surface area contributed by atoms with Gasteiger partial charge >= 0.3 is 0 Å². The molecular formula is C12H12F2N4O3. The Morgan fingerprint density at radius 3 is 2.76 bits per heavy atom. The van der Waals surface area contributed by atoms with Crippen molar-refractivity contribution in [2.24, 2.45) is 0 Å². The highest BCUT2D eigenvalue weighted by Crippen LogP contribution is 2.41. The minimum absolute atomic E-state index is 0.00660. The molecule has 21 heavy (non-hydrogen) atoms. The van der Waals surface area contributed by atoms with E-state index in [1.54, 1.807) is 13.8 Å².